The van der Waals surface area contributed by atoms with Crippen LogP contribution in [0.5, 0.6) is 0 Å². The highest BCUT2D eigenvalue weighted by Crippen LogP contribution is 2.28. The van der Waals surface area contributed by atoms with Gasteiger partial charge in [-0.05, 0) is 47.0 Å². The zero-order valence-electron chi connectivity index (χ0n) is 7.91. The monoisotopic (exact) mass is 291 g/mol. The van der Waals surface area contributed by atoms with Crippen molar-refractivity contribution in [2.24, 2.45) is 5.92 Å². The number of hydrogen-bond donors (Lipinski definition) is 2. The van der Waals surface area contributed by atoms with Gasteiger partial charge in [-0.25, -0.2) is 0 Å². The lowest BCUT2D eigenvalue weighted by Gasteiger charge is -1.94. The van der Waals surface area contributed by atoms with Gasteiger partial charge in [0.2, 0.25) is 0 Å². The number of carboxylic acid groups (broad SMARTS) is 1. The Kier molecular flexibility index (Phi) is 4.42. The molecule has 0 heterocycles. The highest BCUT2D eigenvalue weighted by atomic mass is 79.9. The third-order valence-corrected chi connectivity index (χ3v) is 3.10. The Morgan fingerprint density at radius 3 is 2.40 bits per heavy atom. The van der Waals surface area contributed by atoms with Crippen LogP contribution < -0.4 is 5.73 Å². The molecule has 0 radical (unpaired) electrons. The summed E-state index contributed by atoms with van der Waals surface area (Å²) in [5, 5.41) is 8.70. The molecule has 0 aromatic heterocycles. The van der Waals surface area contributed by atoms with Gasteiger partial charge < -0.3 is 10.8 Å². The molecule has 0 atom stereocenters. The van der Waals surface area contributed by atoms with Gasteiger partial charge in [0.15, 0.2) is 0 Å². The van der Waals surface area contributed by atoms with Gasteiger partial charge >= 0.3 is 5.97 Å². The summed E-state index contributed by atoms with van der Waals surface area (Å²) in [5.74, 6) is -0.611. The van der Waals surface area contributed by atoms with Crippen molar-refractivity contribution >= 4 is 39.2 Å². The molecule has 0 spiro atoms. The van der Waals surface area contributed by atoms with E-state index in [9.17, 15) is 4.79 Å². The molecule has 2 rings (SSSR count). The van der Waals surface area contributed by atoms with E-state index >= 15 is 0 Å². The van der Waals surface area contributed by atoms with E-state index < -0.39 is 5.97 Å². The number of anilines is 1. The highest BCUT2D eigenvalue weighted by molar-refractivity contribution is 9.10. The predicted molar refractivity (Wildman–Crippen MR) is 63.9 cm³/mol. The van der Waals surface area contributed by atoms with E-state index in [-0.39, 0.29) is 5.92 Å². The molecule has 1 saturated carbocycles. The van der Waals surface area contributed by atoms with Crippen LogP contribution in [0.15, 0.2) is 22.7 Å². The van der Waals surface area contributed by atoms with E-state index in [1.165, 1.54) is 0 Å². The molecule has 0 unspecified atom stereocenters. The maximum Gasteiger partial charge on any atom is 0.306 e. The third-order valence-electron chi connectivity index (χ3n) is 1.87. The van der Waals surface area contributed by atoms with Crippen LogP contribution in [0.4, 0.5) is 5.69 Å². The summed E-state index contributed by atoms with van der Waals surface area (Å²) in [7, 11) is 0. The largest absolute Gasteiger partial charge is 0.481 e. The summed E-state index contributed by atoms with van der Waals surface area (Å²) in [6.07, 6.45) is 1.80. The molecule has 5 heteroatoms. The van der Waals surface area contributed by atoms with Crippen LogP contribution in [0.3, 0.4) is 0 Å². The molecule has 0 bridgehead atoms. The normalized spacial score (nSPS) is 14.0. The molecule has 0 saturated heterocycles. The van der Waals surface area contributed by atoms with E-state index in [4.69, 9.17) is 22.4 Å². The highest BCUT2D eigenvalue weighted by Gasteiger charge is 2.28. The lowest BCUT2D eigenvalue weighted by atomic mass is 10.3. The standard InChI is InChI=1S/C6H5BrClN.C4H6O2/c7-5-2-1-4(9)3-6(5)8;5-4(6)3-1-2-3/h1-3H,9H2;3H,1-2H2,(H,5,6). The molecule has 3 nitrogen and oxygen atoms in total. The van der Waals surface area contributed by atoms with Crippen molar-refractivity contribution in [2.75, 3.05) is 5.73 Å². The topological polar surface area (TPSA) is 63.3 Å². The van der Waals surface area contributed by atoms with Crippen LogP contribution in [-0.4, -0.2) is 11.1 Å². The van der Waals surface area contributed by atoms with Crippen LogP contribution in [0, 0.1) is 5.92 Å². The second-order valence-corrected chi connectivity index (χ2v) is 4.55. The number of halogens is 2. The molecule has 15 heavy (non-hydrogen) atoms. The summed E-state index contributed by atoms with van der Waals surface area (Å²) in [4.78, 5) is 9.76. The predicted octanol–water partition coefficient (Wildman–Crippen LogP) is 3.17. The lowest BCUT2D eigenvalue weighted by Crippen LogP contribution is -1.94. The molecule has 0 aliphatic heterocycles. The fourth-order valence-electron chi connectivity index (χ4n) is 0.843. The maximum atomic E-state index is 9.76. The van der Waals surface area contributed by atoms with E-state index in [2.05, 4.69) is 15.9 Å². The van der Waals surface area contributed by atoms with E-state index in [0.29, 0.717) is 10.7 Å². The van der Waals surface area contributed by atoms with Crippen molar-refractivity contribution in [1.82, 2.24) is 0 Å². The minimum atomic E-state index is -0.630. The van der Waals surface area contributed by atoms with Gasteiger partial charge in [-0.2, -0.15) is 0 Å². The van der Waals surface area contributed by atoms with Crippen LogP contribution in [0.25, 0.3) is 0 Å². The van der Waals surface area contributed by atoms with Gasteiger partial charge in [-0.3, -0.25) is 4.79 Å². The second kappa shape index (κ2) is 5.37. The third kappa shape index (κ3) is 4.53. The Labute approximate surface area is 101 Å². The van der Waals surface area contributed by atoms with Gasteiger partial charge in [-0.1, -0.05) is 11.6 Å². The zero-order chi connectivity index (χ0) is 11.4. The number of rotatable bonds is 1. The molecule has 1 aromatic rings. The molecule has 3 N–H and O–H groups in total. The summed E-state index contributed by atoms with van der Waals surface area (Å²) < 4.78 is 0.873. The van der Waals surface area contributed by atoms with Crippen LogP contribution in [0.1, 0.15) is 12.8 Å². The van der Waals surface area contributed by atoms with Gasteiger partial charge in [0.1, 0.15) is 0 Å². The first-order chi connectivity index (χ1) is 7.00. The number of nitrogens with two attached hydrogens (primary N) is 1. The summed E-state index contributed by atoms with van der Waals surface area (Å²) in [6.45, 7) is 0. The Morgan fingerprint density at radius 2 is 2.13 bits per heavy atom. The molecule has 1 fully saturated rings. The quantitative estimate of drug-likeness (QED) is 0.782. The van der Waals surface area contributed by atoms with Gasteiger partial charge in [0.25, 0.3) is 0 Å². The first-order valence-corrected chi connectivity index (χ1v) is 5.61. The first kappa shape index (κ1) is 12.3. The summed E-state index contributed by atoms with van der Waals surface area (Å²) in [5.41, 5.74) is 6.11. The number of carboxylic acids is 1. The molecule has 1 aliphatic rings. The average Bonchev–Trinajstić information content (AvgIpc) is 2.95. The number of benzene rings is 1. The number of hydrogen-bond acceptors (Lipinski definition) is 2. The molecule has 1 aromatic carbocycles. The van der Waals surface area contributed by atoms with E-state index in [1.54, 1.807) is 12.1 Å². The first-order valence-electron chi connectivity index (χ1n) is 4.44. The molecule has 82 valence electrons. The lowest BCUT2D eigenvalue weighted by molar-refractivity contribution is -0.138. The molecular formula is C10H11BrClNO2. The Hall–Kier alpha value is -0.740. The van der Waals surface area contributed by atoms with Crippen LogP contribution in [-0.2, 0) is 4.79 Å². The van der Waals surface area contributed by atoms with Crippen LogP contribution >= 0.6 is 27.5 Å². The average molecular weight is 293 g/mol. The Morgan fingerprint density at radius 1 is 1.53 bits per heavy atom. The van der Waals surface area contributed by atoms with Gasteiger partial charge in [0.05, 0.1) is 10.9 Å². The fraction of sp³-hybridized carbons (Fsp3) is 0.300. The minimum Gasteiger partial charge on any atom is -0.481 e. The number of carbonyl (C=O) groups is 1. The fourth-order valence-corrected chi connectivity index (χ4v) is 1.28. The van der Waals surface area contributed by atoms with Crippen LogP contribution in [0.2, 0.25) is 5.02 Å². The molecular weight excluding hydrogens is 281 g/mol. The minimum absolute atomic E-state index is 0.0185. The van der Waals surface area contributed by atoms with Crippen molar-refractivity contribution in [3.63, 3.8) is 0 Å². The summed E-state index contributed by atoms with van der Waals surface area (Å²) >= 11 is 8.93. The number of nitrogen functional groups attached to an aromatic ring is 1. The van der Waals surface area contributed by atoms with Crippen molar-refractivity contribution in [3.05, 3.63) is 27.7 Å². The zero-order valence-corrected chi connectivity index (χ0v) is 10.3. The number of aliphatic carboxylic acids is 1. The van der Waals surface area contributed by atoms with Gasteiger partial charge in [0, 0.05) is 10.2 Å². The Balaban J connectivity index is 0.000000162. The Bertz CT molecular complexity index is 366. The van der Waals surface area contributed by atoms with Crippen molar-refractivity contribution in [2.45, 2.75) is 12.8 Å². The van der Waals surface area contributed by atoms with Crippen molar-refractivity contribution in [1.29, 1.82) is 0 Å². The maximum absolute atomic E-state index is 9.76. The molecule has 0 amide bonds. The van der Waals surface area contributed by atoms with E-state index in [1.807, 2.05) is 6.07 Å². The van der Waals surface area contributed by atoms with Crippen molar-refractivity contribution < 1.29 is 9.90 Å². The molecule has 1 aliphatic carbocycles. The van der Waals surface area contributed by atoms with Gasteiger partial charge in [-0.15, -0.1) is 0 Å². The van der Waals surface area contributed by atoms with E-state index in [0.717, 1.165) is 17.3 Å². The smallest absolute Gasteiger partial charge is 0.306 e. The SMILES string of the molecule is Nc1ccc(Br)c(Cl)c1.O=C(O)C1CC1. The summed E-state index contributed by atoms with van der Waals surface area (Å²) in [6, 6.07) is 5.30. The van der Waals surface area contributed by atoms with Crippen molar-refractivity contribution in [3.8, 4) is 0 Å². The second-order valence-electron chi connectivity index (χ2n) is 3.29.